The Morgan fingerprint density at radius 2 is 1.83 bits per heavy atom. The molecule has 0 aliphatic carbocycles. The molecule has 0 radical (unpaired) electrons. The Morgan fingerprint density at radius 3 is 2.61 bits per heavy atom. The van der Waals surface area contributed by atoms with Crippen LogP contribution < -0.4 is 11.0 Å². The van der Waals surface area contributed by atoms with Crippen LogP contribution in [-0.2, 0) is 0 Å². The minimum Gasteiger partial charge on any atom is -0.311 e. The van der Waals surface area contributed by atoms with Crippen LogP contribution >= 0.6 is 0 Å². The lowest BCUT2D eigenvalue weighted by Gasteiger charge is -2.29. The van der Waals surface area contributed by atoms with Crippen LogP contribution in [-0.4, -0.2) is 21.6 Å². The average Bonchev–Trinajstić information content (AvgIpc) is 2.88. The molecule has 1 unspecified atom stereocenters. The molecule has 2 aromatic rings. The van der Waals surface area contributed by atoms with Gasteiger partial charge in [0.05, 0.1) is 11.0 Å². The second kappa shape index (κ2) is 3.72. The first kappa shape index (κ1) is 10.4. The van der Waals surface area contributed by atoms with Crippen molar-refractivity contribution < 1.29 is 0 Å². The molecule has 94 valence electrons. The highest BCUT2D eigenvalue weighted by Gasteiger charge is 2.35. The summed E-state index contributed by atoms with van der Waals surface area (Å²) in [6.07, 6.45) is 4.69. The van der Waals surface area contributed by atoms with Gasteiger partial charge >= 0.3 is 5.69 Å². The lowest BCUT2D eigenvalue weighted by atomic mass is 9.99. The van der Waals surface area contributed by atoms with Crippen molar-refractivity contribution in [2.45, 2.75) is 43.8 Å². The van der Waals surface area contributed by atoms with Gasteiger partial charge in [0.1, 0.15) is 0 Å². The van der Waals surface area contributed by atoms with E-state index in [4.69, 9.17) is 0 Å². The molecule has 0 spiro atoms. The van der Waals surface area contributed by atoms with Crippen molar-refractivity contribution >= 4 is 11.0 Å². The van der Waals surface area contributed by atoms with Crippen LogP contribution in [0.3, 0.4) is 0 Å². The first-order chi connectivity index (χ1) is 8.81. The molecule has 2 saturated heterocycles. The van der Waals surface area contributed by atoms with Gasteiger partial charge in [0, 0.05) is 18.1 Å². The summed E-state index contributed by atoms with van der Waals surface area (Å²) in [5, 5.41) is 3.62. The molecule has 2 aliphatic rings. The molecule has 1 aromatic carbocycles. The number of hydrogen-bond acceptors (Lipinski definition) is 2. The number of aromatic nitrogens is 2. The van der Waals surface area contributed by atoms with Crippen molar-refractivity contribution in [2.24, 2.45) is 0 Å². The van der Waals surface area contributed by atoms with E-state index < -0.39 is 0 Å². The number of fused-ring (bicyclic) bond motifs is 3. The standard InChI is InChI=1S/C14H17N3O/c18-14-16-12-3-1-2-4-13(12)17(14)11-7-9-5-6-10(8-11)15-9/h1-4,9-11,15H,5-8H2,(H,16,18)/t9-,10+,11?. The molecule has 2 bridgehead atoms. The van der Waals surface area contributed by atoms with Crippen molar-refractivity contribution in [3.05, 3.63) is 34.7 Å². The molecular formula is C14H17N3O. The second-order valence-corrected chi connectivity index (χ2v) is 5.58. The van der Waals surface area contributed by atoms with Crippen LogP contribution in [0, 0.1) is 0 Å². The summed E-state index contributed by atoms with van der Waals surface area (Å²) >= 11 is 0. The highest BCUT2D eigenvalue weighted by atomic mass is 16.1. The van der Waals surface area contributed by atoms with Crippen LogP contribution in [0.5, 0.6) is 0 Å². The van der Waals surface area contributed by atoms with Gasteiger partial charge < -0.3 is 10.3 Å². The van der Waals surface area contributed by atoms with Gasteiger partial charge in [-0.2, -0.15) is 0 Å². The first-order valence-corrected chi connectivity index (χ1v) is 6.76. The van der Waals surface area contributed by atoms with E-state index in [1.54, 1.807) is 0 Å². The van der Waals surface area contributed by atoms with Crippen LogP contribution in [0.1, 0.15) is 31.7 Å². The quantitative estimate of drug-likeness (QED) is 0.802. The summed E-state index contributed by atoms with van der Waals surface area (Å²) in [7, 11) is 0. The maximum absolute atomic E-state index is 12.2. The van der Waals surface area contributed by atoms with Crippen LogP contribution in [0.15, 0.2) is 29.1 Å². The van der Waals surface area contributed by atoms with E-state index >= 15 is 0 Å². The summed E-state index contributed by atoms with van der Waals surface area (Å²) in [4.78, 5) is 15.1. The Balaban J connectivity index is 1.82. The van der Waals surface area contributed by atoms with Crippen LogP contribution in [0.4, 0.5) is 0 Å². The largest absolute Gasteiger partial charge is 0.326 e. The Bertz CT molecular complexity index is 630. The summed E-state index contributed by atoms with van der Waals surface area (Å²) in [5.41, 5.74) is 2.05. The monoisotopic (exact) mass is 243 g/mol. The van der Waals surface area contributed by atoms with Gasteiger partial charge in [0.2, 0.25) is 0 Å². The predicted molar refractivity (Wildman–Crippen MR) is 70.8 cm³/mol. The Hall–Kier alpha value is -1.55. The second-order valence-electron chi connectivity index (χ2n) is 5.58. The van der Waals surface area contributed by atoms with Gasteiger partial charge in [-0.15, -0.1) is 0 Å². The van der Waals surface area contributed by atoms with Crippen molar-refractivity contribution in [3.63, 3.8) is 0 Å². The summed E-state index contributed by atoms with van der Waals surface area (Å²) in [6, 6.07) is 9.55. The van der Waals surface area contributed by atoms with Gasteiger partial charge in [-0.3, -0.25) is 4.57 Å². The molecule has 4 rings (SSSR count). The number of nitrogens with one attached hydrogen (secondary N) is 2. The molecule has 2 aliphatic heterocycles. The molecule has 0 amide bonds. The van der Waals surface area contributed by atoms with Gasteiger partial charge in [-0.05, 0) is 37.8 Å². The number of rotatable bonds is 1. The highest BCUT2D eigenvalue weighted by molar-refractivity contribution is 5.75. The molecule has 2 fully saturated rings. The van der Waals surface area contributed by atoms with E-state index in [1.807, 2.05) is 28.8 Å². The molecule has 3 heterocycles. The summed E-state index contributed by atoms with van der Waals surface area (Å²) in [6.45, 7) is 0. The zero-order valence-corrected chi connectivity index (χ0v) is 10.2. The van der Waals surface area contributed by atoms with E-state index in [9.17, 15) is 4.79 Å². The number of para-hydroxylation sites is 2. The molecule has 0 saturated carbocycles. The summed E-state index contributed by atoms with van der Waals surface area (Å²) < 4.78 is 1.97. The minimum atomic E-state index is 0.0440. The fourth-order valence-corrected chi connectivity index (χ4v) is 3.67. The van der Waals surface area contributed by atoms with Crippen molar-refractivity contribution in [3.8, 4) is 0 Å². The Morgan fingerprint density at radius 1 is 1.11 bits per heavy atom. The summed E-state index contributed by atoms with van der Waals surface area (Å²) in [5.74, 6) is 0. The third kappa shape index (κ3) is 1.45. The highest BCUT2D eigenvalue weighted by Crippen LogP contribution is 2.34. The molecule has 18 heavy (non-hydrogen) atoms. The van der Waals surface area contributed by atoms with Gasteiger partial charge in [0.25, 0.3) is 0 Å². The van der Waals surface area contributed by atoms with Crippen LogP contribution in [0.25, 0.3) is 11.0 Å². The fraction of sp³-hybridized carbons (Fsp3) is 0.500. The number of benzene rings is 1. The van der Waals surface area contributed by atoms with Crippen LogP contribution in [0.2, 0.25) is 0 Å². The number of aromatic amines is 1. The smallest absolute Gasteiger partial charge is 0.311 e. The van der Waals surface area contributed by atoms with Crippen molar-refractivity contribution in [1.29, 1.82) is 0 Å². The number of imidazole rings is 1. The maximum atomic E-state index is 12.2. The molecule has 1 aromatic heterocycles. The number of piperidine rings is 1. The minimum absolute atomic E-state index is 0.0440. The maximum Gasteiger partial charge on any atom is 0.326 e. The van der Waals surface area contributed by atoms with Gasteiger partial charge in [0.15, 0.2) is 0 Å². The number of H-pyrrole nitrogens is 1. The van der Waals surface area contributed by atoms with E-state index in [1.165, 1.54) is 12.8 Å². The molecule has 3 atom stereocenters. The molecule has 4 heteroatoms. The molecule has 2 N–H and O–H groups in total. The first-order valence-electron chi connectivity index (χ1n) is 6.76. The van der Waals surface area contributed by atoms with Crippen molar-refractivity contribution in [2.75, 3.05) is 0 Å². The predicted octanol–water partition coefficient (Wildman–Crippen LogP) is 1.79. The third-order valence-electron chi connectivity index (χ3n) is 4.44. The Kier molecular flexibility index (Phi) is 2.14. The van der Waals surface area contributed by atoms with Gasteiger partial charge in [-0.25, -0.2) is 4.79 Å². The zero-order chi connectivity index (χ0) is 12.1. The lowest BCUT2D eigenvalue weighted by Crippen LogP contribution is -2.40. The SMILES string of the molecule is O=c1[nH]c2ccccc2n1C1C[C@H]2CC[C@@H](C1)N2. The van der Waals surface area contributed by atoms with E-state index in [0.29, 0.717) is 18.1 Å². The average molecular weight is 243 g/mol. The normalized spacial score (nSPS) is 31.0. The number of hydrogen-bond donors (Lipinski definition) is 2. The topological polar surface area (TPSA) is 49.8 Å². The van der Waals surface area contributed by atoms with E-state index in [-0.39, 0.29) is 5.69 Å². The Labute approximate surface area is 105 Å². The lowest BCUT2D eigenvalue weighted by molar-refractivity contribution is 0.299. The molecule has 4 nitrogen and oxygen atoms in total. The van der Waals surface area contributed by atoms with Gasteiger partial charge in [-0.1, -0.05) is 12.1 Å². The van der Waals surface area contributed by atoms with Crippen molar-refractivity contribution in [1.82, 2.24) is 14.9 Å². The zero-order valence-electron chi connectivity index (χ0n) is 10.2. The fourth-order valence-electron chi connectivity index (χ4n) is 3.67. The number of nitrogens with zero attached hydrogens (tertiary/aromatic N) is 1. The third-order valence-corrected chi connectivity index (χ3v) is 4.44. The van der Waals surface area contributed by atoms with E-state index in [0.717, 1.165) is 23.9 Å². The molecular weight excluding hydrogens is 226 g/mol. The van der Waals surface area contributed by atoms with E-state index in [2.05, 4.69) is 10.3 Å².